The first-order valence-corrected chi connectivity index (χ1v) is 12.7. The molecule has 4 heterocycles. The number of imidazole rings is 1. The topological polar surface area (TPSA) is 35.1 Å². The van der Waals surface area contributed by atoms with Gasteiger partial charge in [-0.1, -0.05) is 72.8 Å². The van der Waals surface area contributed by atoms with Crippen molar-refractivity contribution < 1.29 is 13.4 Å². The molecule has 0 saturated heterocycles. The summed E-state index contributed by atoms with van der Waals surface area (Å²) in [4.78, 5) is 0. The number of hydrogen-bond donors (Lipinski definition) is 0. The highest BCUT2D eigenvalue weighted by Gasteiger charge is 2.42. The summed E-state index contributed by atoms with van der Waals surface area (Å²) in [6.45, 7) is 2.28. The van der Waals surface area contributed by atoms with Gasteiger partial charge in [-0.25, -0.2) is 4.57 Å². The van der Waals surface area contributed by atoms with Gasteiger partial charge in [-0.3, -0.25) is 0 Å². The first-order valence-electron chi connectivity index (χ1n) is 12.7. The Morgan fingerprint density at radius 2 is 1.27 bits per heavy atom. The number of rotatable bonds is 1. The molecular formula is C33H21N2O2+. The lowest BCUT2D eigenvalue weighted by atomic mass is 10.0. The smallest absolute Gasteiger partial charge is 0.300 e. The molecule has 1 aliphatic rings. The SMILES string of the molecule is CC1c2ccc3c(oc4ccccc43)c2-c2n(-c3cccc4c3oc3ccccc34)c3ccccc3[n+]21. The van der Waals surface area contributed by atoms with E-state index in [1.165, 1.54) is 11.1 Å². The average molecular weight is 478 g/mol. The second-order valence-electron chi connectivity index (χ2n) is 9.95. The molecule has 8 aromatic rings. The lowest BCUT2D eigenvalue weighted by molar-refractivity contribution is -0.669. The molecule has 37 heavy (non-hydrogen) atoms. The number of nitrogens with zero attached hydrogens (tertiary/aromatic N) is 2. The molecule has 174 valence electrons. The van der Waals surface area contributed by atoms with Crippen molar-refractivity contribution in [3.8, 4) is 17.1 Å². The summed E-state index contributed by atoms with van der Waals surface area (Å²) in [5.41, 5.74) is 9.46. The molecule has 5 aromatic carbocycles. The van der Waals surface area contributed by atoms with E-state index in [1.54, 1.807) is 0 Å². The van der Waals surface area contributed by atoms with E-state index < -0.39 is 0 Å². The number of benzene rings is 5. The summed E-state index contributed by atoms with van der Waals surface area (Å²) in [7, 11) is 0. The summed E-state index contributed by atoms with van der Waals surface area (Å²) in [5, 5.41) is 4.55. The van der Waals surface area contributed by atoms with E-state index in [-0.39, 0.29) is 6.04 Å². The molecule has 3 aromatic heterocycles. The highest BCUT2D eigenvalue weighted by molar-refractivity contribution is 6.11. The Balaban J connectivity index is 1.49. The van der Waals surface area contributed by atoms with Crippen molar-refractivity contribution in [2.24, 2.45) is 0 Å². The van der Waals surface area contributed by atoms with Gasteiger partial charge < -0.3 is 8.83 Å². The normalized spacial score (nSPS) is 14.9. The maximum absolute atomic E-state index is 6.57. The Kier molecular flexibility index (Phi) is 3.50. The van der Waals surface area contributed by atoms with Gasteiger partial charge in [0.2, 0.25) is 0 Å². The van der Waals surface area contributed by atoms with Crippen molar-refractivity contribution in [2.75, 3.05) is 0 Å². The van der Waals surface area contributed by atoms with Gasteiger partial charge in [0.25, 0.3) is 5.82 Å². The van der Waals surface area contributed by atoms with Crippen LogP contribution in [0.4, 0.5) is 0 Å². The van der Waals surface area contributed by atoms with Gasteiger partial charge in [0.1, 0.15) is 22.8 Å². The minimum absolute atomic E-state index is 0.170. The monoisotopic (exact) mass is 477 g/mol. The maximum Gasteiger partial charge on any atom is 0.300 e. The third kappa shape index (κ3) is 2.31. The second-order valence-corrected chi connectivity index (χ2v) is 9.95. The van der Waals surface area contributed by atoms with E-state index in [0.29, 0.717) is 0 Å². The number of hydrogen-bond acceptors (Lipinski definition) is 2. The number of fused-ring (bicyclic) bond motifs is 12. The number of furan rings is 2. The van der Waals surface area contributed by atoms with Crippen LogP contribution >= 0.6 is 0 Å². The third-order valence-electron chi connectivity index (χ3n) is 8.09. The van der Waals surface area contributed by atoms with Crippen molar-refractivity contribution >= 4 is 54.9 Å². The molecule has 0 saturated carbocycles. The fraction of sp³-hybridized carbons (Fsp3) is 0.0606. The van der Waals surface area contributed by atoms with Crippen molar-refractivity contribution in [3.63, 3.8) is 0 Å². The molecule has 1 aliphatic heterocycles. The standard InChI is InChI=1S/C33H21N2O2/c1-19-20-17-18-24-22-10-3-7-16-29(22)37-32(24)30(20)33-34(19)25-12-4-5-13-26(25)35(33)27-14-8-11-23-21-9-2-6-15-28(21)36-31(23)27/h2-19H,1H3/q+1. The Hall–Kier alpha value is -4.83. The molecule has 1 atom stereocenters. The number of aromatic nitrogens is 2. The summed E-state index contributed by atoms with van der Waals surface area (Å²) in [5.74, 6) is 1.13. The molecule has 4 nitrogen and oxygen atoms in total. The van der Waals surface area contributed by atoms with E-state index in [4.69, 9.17) is 8.83 Å². The molecule has 9 rings (SSSR count). The van der Waals surface area contributed by atoms with E-state index in [0.717, 1.165) is 66.5 Å². The zero-order valence-electron chi connectivity index (χ0n) is 20.1. The van der Waals surface area contributed by atoms with Gasteiger partial charge in [0.05, 0.1) is 0 Å². The second kappa shape index (κ2) is 6.68. The van der Waals surface area contributed by atoms with E-state index in [2.05, 4.69) is 101 Å². The first kappa shape index (κ1) is 19.4. The van der Waals surface area contributed by atoms with Crippen molar-refractivity contribution in [1.29, 1.82) is 0 Å². The van der Waals surface area contributed by atoms with Crippen LogP contribution in [0.5, 0.6) is 0 Å². The van der Waals surface area contributed by atoms with Crippen molar-refractivity contribution in [1.82, 2.24) is 4.57 Å². The van der Waals surface area contributed by atoms with E-state index >= 15 is 0 Å². The van der Waals surface area contributed by atoms with Crippen LogP contribution in [-0.4, -0.2) is 4.57 Å². The molecule has 0 N–H and O–H groups in total. The molecule has 1 unspecified atom stereocenters. The first-order chi connectivity index (χ1) is 18.3. The highest BCUT2D eigenvalue weighted by Crippen LogP contribution is 2.46. The summed E-state index contributed by atoms with van der Waals surface area (Å²) in [6.07, 6.45) is 0. The fourth-order valence-corrected chi connectivity index (χ4v) is 6.49. The lowest BCUT2D eigenvalue weighted by Gasteiger charge is -2.05. The molecule has 0 aliphatic carbocycles. The van der Waals surface area contributed by atoms with Crippen LogP contribution in [0, 0.1) is 0 Å². The minimum atomic E-state index is 0.170. The highest BCUT2D eigenvalue weighted by atomic mass is 16.3. The minimum Gasteiger partial charge on any atom is -0.455 e. The maximum atomic E-state index is 6.57. The molecule has 0 bridgehead atoms. The Morgan fingerprint density at radius 1 is 0.622 bits per heavy atom. The van der Waals surface area contributed by atoms with Crippen molar-refractivity contribution in [2.45, 2.75) is 13.0 Å². The predicted molar refractivity (Wildman–Crippen MR) is 147 cm³/mol. The van der Waals surface area contributed by atoms with Gasteiger partial charge in [-0.05, 0) is 37.3 Å². The van der Waals surface area contributed by atoms with Crippen LogP contribution in [0.15, 0.2) is 112 Å². The summed E-state index contributed by atoms with van der Waals surface area (Å²) >= 11 is 0. The molecule has 0 radical (unpaired) electrons. The van der Waals surface area contributed by atoms with Crippen LogP contribution in [0.2, 0.25) is 0 Å². The third-order valence-corrected chi connectivity index (χ3v) is 8.09. The predicted octanol–water partition coefficient (Wildman–Crippen LogP) is 8.31. The molecule has 4 heteroatoms. The van der Waals surface area contributed by atoms with Crippen LogP contribution in [0.1, 0.15) is 18.5 Å². The van der Waals surface area contributed by atoms with Gasteiger partial charge in [-0.2, -0.15) is 4.57 Å². The summed E-state index contributed by atoms with van der Waals surface area (Å²) < 4.78 is 17.9. The average Bonchev–Trinajstić information content (AvgIpc) is 3.67. The molecule has 0 spiro atoms. The van der Waals surface area contributed by atoms with Gasteiger partial charge in [0.15, 0.2) is 27.9 Å². The molecular weight excluding hydrogens is 456 g/mol. The van der Waals surface area contributed by atoms with Crippen LogP contribution in [0.3, 0.4) is 0 Å². The number of para-hydroxylation sites is 5. The Bertz CT molecular complexity index is 2230. The Labute approximate surface area is 211 Å². The van der Waals surface area contributed by atoms with Crippen LogP contribution < -0.4 is 4.57 Å². The quantitative estimate of drug-likeness (QED) is 0.223. The van der Waals surface area contributed by atoms with Crippen LogP contribution in [0.25, 0.3) is 72.0 Å². The van der Waals surface area contributed by atoms with Gasteiger partial charge >= 0.3 is 0 Å². The largest absolute Gasteiger partial charge is 0.455 e. The zero-order valence-corrected chi connectivity index (χ0v) is 20.1. The van der Waals surface area contributed by atoms with Gasteiger partial charge in [0, 0.05) is 27.1 Å². The fourth-order valence-electron chi connectivity index (χ4n) is 6.49. The van der Waals surface area contributed by atoms with Crippen molar-refractivity contribution in [3.05, 3.63) is 109 Å². The van der Waals surface area contributed by atoms with E-state index in [9.17, 15) is 0 Å². The Morgan fingerprint density at radius 3 is 2.08 bits per heavy atom. The summed E-state index contributed by atoms with van der Waals surface area (Å²) in [6, 6.07) is 36.3. The molecule has 0 amide bonds. The van der Waals surface area contributed by atoms with Crippen LogP contribution in [-0.2, 0) is 0 Å². The molecule has 0 fully saturated rings. The zero-order chi connectivity index (χ0) is 24.2. The lowest BCUT2D eigenvalue weighted by Crippen LogP contribution is -2.35. The van der Waals surface area contributed by atoms with E-state index in [1.807, 2.05) is 18.2 Å². The van der Waals surface area contributed by atoms with Gasteiger partial charge in [-0.15, -0.1) is 0 Å².